The minimum atomic E-state index is -0.677. The van der Waals surface area contributed by atoms with Crippen LogP contribution in [-0.4, -0.2) is 72.0 Å². The quantitative estimate of drug-likeness (QED) is 0.414. The largest absolute Gasteiger partial charge is 0.463 e. The molecule has 0 radical (unpaired) electrons. The average Bonchev–Trinajstić information content (AvgIpc) is 2.73. The molecule has 1 rings (SSSR count). The first-order chi connectivity index (χ1) is 15.2. The minimum absolute atomic E-state index is 0.0782. The molecular formula is C26H47N3O4. The molecule has 0 saturated carbocycles. The highest BCUT2D eigenvalue weighted by Gasteiger charge is 2.39. The monoisotopic (exact) mass is 465 g/mol. The molecule has 2 amide bonds. The number of hydrogen-bond donors (Lipinski definition) is 1. The molecule has 7 nitrogen and oxygen atoms in total. The number of likely N-dealkylation sites (tertiary alicyclic amines) is 1. The van der Waals surface area contributed by atoms with Crippen molar-refractivity contribution in [3.63, 3.8) is 0 Å². The number of rotatable bonds is 9. The van der Waals surface area contributed by atoms with E-state index in [1.165, 1.54) is 0 Å². The molecule has 1 aliphatic heterocycles. The lowest BCUT2D eigenvalue weighted by molar-refractivity contribution is -0.142. The van der Waals surface area contributed by atoms with Gasteiger partial charge in [0.2, 0.25) is 11.8 Å². The van der Waals surface area contributed by atoms with E-state index >= 15 is 0 Å². The molecule has 1 saturated heterocycles. The first kappa shape index (κ1) is 29.1. The number of esters is 1. The van der Waals surface area contributed by atoms with Gasteiger partial charge in [0.15, 0.2) is 0 Å². The lowest BCUT2D eigenvalue weighted by Gasteiger charge is -2.41. The fraction of sp³-hybridized carbons (Fsp3) is 0.808. The van der Waals surface area contributed by atoms with E-state index in [9.17, 15) is 14.4 Å². The Morgan fingerprint density at radius 1 is 1.15 bits per heavy atom. The van der Waals surface area contributed by atoms with Crippen molar-refractivity contribution >= 4 is 17.8 Å². The first-order valence-corrected chi connectivity index (χ1v) is 12.4. The Bertz CT molecular complexity index is 709. The van der Waals surface area contributed by atoms with Crippen LogP contribution in [0.25, 0.3) is 0 Å². The molecule has 1 N–H and O–H groups in total. The van der Waals surface area contributed by atoms with Gasteiger partial charge in [-0.05, 0) is 58.4 Å². The number of nitrogens with one attached hydrogen (secondary N) is 1. The highest BCUT2D eigenvalue weighted by Crippen LogP contribution is 2.26. The van der Waals surface area contributed by atoms with Crippen LogP contribution >= 0.6 is 0 Å². The van der Waals surface area contributed by atoms with Gasteiger partial charge in [0.1, 0.15) is 6.04 Å². The van der Waals surface area contributed by atoms with Gasteiger partial charge in [0.25, 0.3) is 0 Å². The Morgan fingerprint density at radius 3 is 2.24 bits per heavy atom. The van der Waals surface area contributed by atoms with Gasteiger partial charge in [-0.3, -0.25) is 14.5 Å². The molecule has 0 aromatic rings. The molecule has 0 aromatic carbocycles. The van der Waals surface area contributed by atoms with Crippen LogP contribution in [0.4, 0.5) is 0 Å². The number of hydrogen-bond acceptors (Lipinski definition) is 5. The summed E-state index contributed by atoms with van der Waals surface area (Å²) in [6, 6.07) is -0.920. The third kappa shape index (κ3) is 8.13. The Morgan fingerprint density at radius 2 is 1.76 bits per heavy atom. The number of piperidine rings is 1. The third-order valence-corrected chi connectivity index (χ3v) is 6.41. The molecule has 190 valence electrons. The second kappa shape index (κ2) is 12.5. The molecule has 7 heteroatoms. The molecule has 3 atom stereocenters. The second-order valence-electron chi connectivity index (χ2n) is 10.9. The lowest BCUT2D eigenvalue weighted by atomic mass is 9.84. The van der Waals surface area contributed by atoms with Crippen molar-refractivity contribution in [2.75, 3.05) is 20.2 Å². The van der Waals surface area contributed by atoms with E-state index in [0.717, 1.165) is 25.8 Å². The van der Waals surface area contributed by atoms with Gasteiger partial charge < -0.3 is 15.0 Å². The van der Waals surface area contributed by atoms with Crippen molar-refractivity contribution in [1.29, 1.82) is 0 Å². The van der Waals surface area contributed by atoms with Gasteiger partial charge in [-0.2, -0.15) is 0 Å². The Hall–Kier alpha value is -1.89. The molecule has 1 fully saturated rings. The normalized spacial score (nSPS) is 19.9. The molecular weight excluding hydrogens is 418 g/mol. The van der Waals surface area contributed by atoms with Crippen LogP contribution in [0.5, 0.6) is 0 Å². The van der Waals surface area contributed by atoms with Crippen molar-refractivity contribution in [1.82, 2.24) is 15.1 Å². The van der Waals surface area contributed by atoms with Gasteiger partial charge in [0, 0.05) is 18.7 Å². The predicted octanol–water partition coefficient (Wildman–Crippen LogP) is 3.77. The Labute approximate surface area is 201 Å². The topological polar surface area (TPSA) is 79.0 Å². The van der Waals surface area contributed by atoms with Crippen LogP contribution in [0.1, 0.15) is 81.6 Å². The van der Waals surface area contributed by atoms with E-state index in [2.05, 4.69) is 24.1 Å². The number of amides is 2. The van der Waals surface area contributed by atoms with Gasteiger partial charge in [-0.15, -0.1) is 0 Å². The zero-order valence-electron chi connectivity index (χ0n) is 22.5. The van der Waals surface area contributed by atoms with Crippen molar-refractivity contribution in [2.45, 2.75) is 106 Å². The van der Waals surface area contributed by atoms with Crippen molar-refractivity contribution in [3.05, 3.63) is 11.6 Å². The third-order valence-electron chi connectivity index (χ3n) is 6.41. The van der Waals surface area contributed by atoms with E-state index < -0.39 is 11.5 Å². The Balaban J connectivity index is 3.15. The molecule has 1 aliphatic rings. The Kier molecular flexibility index (Phi) is 11.1. The molecule has 0 aliphatic carbocycles. The summed E-state index contributed by atoms with van der Waals surface area (Å²) in [5.74, 6) is -0.538. The SMILES string of the molecule is CCOC(=O)/C(C)=C/[C@H](C(C)C)N(C)C(=O)C(NC(=O)[C@H]1CCCCN1C(C)C)C(C)(C)C. The first-order valence-electron chi connectivity index (χ1n) is 12.4. The fourth-order valence-electron chi connectivity index (χ4n) is 4.41. The number of ether oxygens (including phenoxy) is 1. The summed E-state index contributed by atoms with van der Waals surface area (Å²) in [7, 11) is 1.74. The highest BCUT2D eigenvalue weighted by atomic mass is 16.5. The van der Waals surface area contributed by atoms with Crippen molar-refractivity contribution in [2.24, 2.45) is 11.3 Å². The van der Waals surface area contributed by atoms with Crippen LogP contribution in [0.15, 0.2) is 11.6 Å². The van der Waals surface area contributed by atoms with Gasteiger partial charge >= 0.3 is 5.97 Å². The van der Waals surface area contributed by atoms with E-state index in [4.69, 9.17) is 4.74 Å². The summed E-state index contributed by atoms with van der Waals surface area (Å²) in [5.41, 5.74) is 0.000989. The fourth-order valence-corrected chi connectivity index (χ4v) is 4.41. The molecule has 1 heterocycles. The van der Waals surface area contributed by atoms with E-state index in [-0.39, 0.29) is 41.8 Å². The number of likely N-dealkylation sites (N-methyl/N-ethyl adjacent to an activating group) is 1. The van der Waals surface area contributed by atoms with Crippen LogP contribution < -0.4 is 5.32 Å². The minimum Gasteiger partial charge on any atom is -0.463 e. The summed E-state index contributed by atoms with van der Waals surface area (Å²) >= 11 is 0. The standard InChI is InChI=1S/C26H47N3O4/c1-11-33-25(32)19(6)16-21(17(2)3)28(10)24(31)22(26(7,8)9)27-23(30)20-14-12-13-15-29(20)18(4)5/h16-18,20-22H,11-15H2,1-10H3,(H,27,30)/b19-16+/t20-,21-,22?/m1/s1. The van der Waals surface area contributed by atoms with Crippen LogP contribution in [0.3, 0.4) is 0 Å². The zero-order valence-corrected chi connectivity index (χ0v) is 22.5. The summed E-state index contributed by atoms with van der Waals surface area (Å²) in [4.78, 5) is 43.1. The summed E-state index contributed by atoms with van der Waals surface area (Å²) < 4.78 is 5.10. The van der Waals surface area contributed by atoms with E-state index in [1.807, 2.05) is 34.6 Å². The number of carbonyl (C=O) groups excluding carboxylic acids is 3. The maximum absolute atomic E-state index is 13.7. The maximum atomic E-state index is 13.7. The van der Waals surface area contributed by atoms with Gasteiger partial charge in [-0.1, -0.05) is 47.1 Å². The van der Waals surface area contributed by atoms with Gasteiger partial charge in [0.05, 0.1) is 18.7 Å². The van der Waals surface area contributed by atoms with E-state index in [0.29, 0.717) is 12.2 Å². The predicted molar refractivity (Wildman–Crippen MR) is 133 cm³/mol. The number of nitrogens with zero attached hydrogens (tertiary/aromatic N) is 2. The molecule has 0 spiro atoms. The summed E-state index contributed by atoms with van der Waals surface area (Å²) in [6.45, 7) is 18.8. The highest BCUT2D eigenvalue weighted by molar-refractivity contribution is 5.91. The zero-order chi connectivity index (χ0) is 25.5. The molecule has 0 bridgehead atoms. The van der Waals surface area contributed by atoms with E-state index in [1.54, 1.807) is 31.9 Å². The van der Waals surface area contributed by atoms with Crippen LogP contribution in [0, 0.1) is 11.3 Å². The molecule has 1 unspecified atom stereocenters. The summed E-state index contributed by atoms with van der Waals surface area (Å²) in [6.07, 6.45) is 4.71. The maximum Gasteiger partial charge on any atom is 0.333 e. The lowest BCUT2D eigenvalue weighted by Crippen LogP contribution is -2.60. The van der Waals surface area contributed by atoms with Crippen LogP contribution in [-0.2, 0) is 19.1 Å². The van der Waals surface area contributed by atoms with Crippen molar-refractivity contribution in [3.8, 4) is 0 Å². The van der Waals surface area contributed by atoms with Crippen LogP contribution in [0.2, 0.25) is 0 Å². The van der Waals surface area contributed by atoms with Crippen molar-refractivity contribution < 1.29 is 19.1 Å². The van der Waals surface area contributed by atoms with Gasteiger partial charge in [-0.25, -0.2) is 4.79 Å². The smallest absolute Gasteiger partial charge is 0.333 e. The number of carbonyl (C=O) groups is 3. The second-order valence-corrected chi connectivity index (χ2v) is 10.9. The molecule has 33 heavy (non-hydrogen) atoms. The summed E-state index contributed by atoms with van der Waals surface area (Å²) in [5, 5.41) is 3.10. The molecule has 0 aromatic heterocycles. The average molecular weight is 466 g/mol.